The van der Waals surface area contributed by atoms with Gasteiger partial charge in [-0.2, -0.15) is 0 Å². The van der Waals surface area contributed by atoms with Crippen LogP contribution in [0.3, 0.4) is 0 Å². The van der Waals surface area contributed by atoms with Crippen molar-refractivity contribution < 1.29 is 8.42 Å². The minimum absolute atomic E-state index is 0.0606. The second-order valence-corrected chi connectivity index (χ2v) is 7.13. The van der Waals surface area contributed by atoms with Gasteiger partial charge in [0.25, 0.3) is 0 Å². The number of rotatable bonds is 3. The molecule has 0 saturated carbocycles. The molecule has 0 aromatic carbocycles. The number of aromatic nitrogens is 2. The standard InChI is InChI=1S/C9H15BrN2O2S/c1-6(2)12-8(10)5-11-9(12)15(13,14)7(3)4/h5-7H,1-4H3. The summed E-state index contributed by atoms with van der Waals surface area (Å²) in [5.41, 5.74) is 0. The van der Waals surface area contributed by atoms with E-state index in [-0.39, 0.29) is 11.2 Å². The minimum atomic E-state index is -3.31. The van der Waals surface area contributed by atoms with Crippen molar-refractivity contribution in [3.05, 3.63) is 10.8 Å². The summed E-state index contributed by atoms with van der Waals surface area (Å²) >= 11 is 3.30. The second-order valence-electron chi connectivity index (χ2n) is 3.92. The highest BCUT2D eigenvalue weighted by atomic mass is 79.9. The second kappa shape index (κ2) is 4.25. The van der Waals surface area contributed by atoms with Crippen molar-refractivity contribution in [1.82, 2.24) is 9.55 Å². The van der Waals surface area contributed by atoms with Crippen molar-refractivity contribution in [3.8, 4) is 0 Å². The molecule has 0 spiro atoms. The summed E-state index contributed by atoms with van der Waals surface area (Å²) in [5.74, 6) is 0. The van der Waals surface area contributed by atoms with Crippen LogP contribution < -0.4 is 0 Å². The summed E-state index contributed by atoms with van der Waals surface area (Å²) < 4.78 is 26.3. The quantitative estimate of drug-likeness (QED) is 0.860. The fourth-order valence-electron chi connectivity index (χ4n) is 1.21. The fourth-order valence-corrected chi connectivity index (χ4v) is 3.21. The van der Waals surface area contributed by atoms with E-state index in [1.165, 1.54) is 6.20 Å². The molecule has 6 heteroatoms. The Hall–Kier alpha value is -0.360. The molecule has 86 valence electrons. The van der Waals surface area contributed by atoms with Gasteiger partial charge in [0, 0.05) is 6.04 Å². The van der Waals surface area contributed by atoms with Crippen LogP contribution in [0.25, 0.3) is 0 Å². The minimum Gasteiger partial charge on any atom is -0.307 e. The molecular formula is C9H15BrN2O2S. The first kappa shape index (κ1) is 12.7. The molecule has 1 aromatic heterocycles. The van der Waals surface area contributed by atoms with E-state index in [9.17, 15) is 8.42 Å². The van der Waals surface area contributed by atoms with E-state index in [0.717, 1.165) is 0 Å². The molecule has 0 atom stereocenters. The number of hydrogen-bond acceptors (Lipinski definition) is 3. The summed E-state index contributed by atoms with van der Waals surface area (Å²) in [6, 6.07) is 0.0606. The van der Waals surface area contributed by atoms with Gasteiger partial charge in [-0.1, -0.05) is 0 Å². The average Bonchev–Trinajstić information content (AvgIpc) is 2.47. The van der Waals surface area contributed by atoms with E-state index < -0.39 is 15.1 Å². The van der Waals surface area contributed by atoms with Gasteiger partial charge in [-0.15, -0.1) is 0 Å². The molecule has 0 fully saturated rings. The van der Waals surface area contributed by atoms with E-state index in [0.29, 0.717) is 4.60 Å². The predicted octanol–water partition coefficient (Wildman–Crippen LogP) is 2.41. The van der Waals surface area contributed by atoms with E-state index in [4.69, 9.17) is 0 Å². The Morgan fingerprint density at radius 2 is 1.87 bits per heavy atom. The summed E-state index contributed by atoms with van der Waals surface area (Å²) in [6.45, 7) is 7.16. The Kier molecular flexibility index (Phi) is 3.60. The summed E-state index contributed by atoms with van der Waals surface area (Å²) in [4.78, 5) is 3.96. The van der Waals surface area contributed by atoms with Crippen molar-refractivity contribution in [2.45, 2.75) is 44.1 Å². The van der Waals surface area contributed by atoms with Crippen molar-refractivity contribution in [3.63, 3.8) is 0 Å². The zero-order valence-corrected chi connectivity index (χ0v) is 11.6. The lowest BCUT2D eigenvalue weighted by molar-refractivity contribution is 0.510. The van der Waals surface area contributed by atoms with E-state index >= 15 is 0 Å². The SMILES string of the molecule is CC(C)n1c(Br)cnc1S(=O)(=O)C(C)C. The van der Waals surface area contributed by atoms with Gasteiger partial charge in [0.2, 0.25) is 15.0 Å². The molecule has 4 nitrogen and oxygen atoms in total. The van der Waals surface area contributed by atoms with Gasteiger partial charge in [-0.3, -0.25) is 0 Å². The Morgan fingerprint density at radius 1 is 1.33 bits per heavy atom. The van der Waals surface area contributed by atoms with Gasteiger partial charge in [0.15, 0.2) is 0 Å². The maximum Gasteiger partial charge on any atom is 0.229 e. The molecule has 0 saturated heterocycles. The first-order valence-electron chi connectivity index (χ1n) is 4.75. The lowest BCUT2D eigenvalue weighted by Crippen LogP contribution is -2.20. The maximum atomic E-state index is 12.0. The van der Waals surface area contributed by atoms with Crippen LogP contribution in [0.5, 0.6) is 0 Å². The van der Waals surface area contributed by atoms with Crippen molar-refractivity contribution in [2.75, 3.05) is 0 Å². The molecule has 0 bridgehead atoms. The smallest absolute Gasteiger partial charge is 0.229 e. The normalized spacial score (nSPS) is 12.7. The monoisotopic (exact) mass is 294 g/mol. The van der Waals surface area contributed by atoms with E-state index in [1.807, 2.05) is 13.8 Å². The Morgan fingerprint density at radius 3 is 2.27 bits per heavy atom. The van der Waals surface area contributed by atoms with E-state index in [2.05, 4.69) is 20.9 Å². The van der Waals surface area contributed by atoms with Crippen LogP contribution >= 0.6 is 15.9 Å². The fraction of sp³-hybridized carbons (Fsp3) is 0.667. The molecule has 1 heterocycles. The highest BCUT2D eigenvalue weighted by molar-refractivity contribution is 9.10. The molecule has 0 N–H and O–H groups in total. The van der Waals surface area contributed by atoms with Crippen LogP contribution in [0.15, 0.2) is 16.0 Å². The third kappa shape index (κ3) is 2.25. The first-order chi connectivity index (χ1) is 6.78. The molecule has 0 amide bonds. The number of hydrogen-bond donors (Lipinski definition) is 0. The van der Waals surface area contributed by atoms with Gasteiger partial charge >= 0.3 is 0 Å². The zero-order chi connectivity index (χ0) is 11.8. The molecule has 0 aliphatic carbocycles. The highest BCUT2D eigenvalue weighted by Crippen LogP contribution is 2.24. The molecule has 1 aromatic rings. The Labute approximate surface area is 98.8 Å². The highest BCUT2D eigenvalue weighted by Gasteiger charge is 2.27. The first-order valence-corrected chi connectivity index (χ1v) is 7.09. The molecule has 15 heavy (non-hydrogen) atoms. The predicted molar refractivity (Wildman–Crippen MR) is 62.6 cm³/mol. The lowest BCUT2D eigenvalue weighted by atomic mass is 10.4. The van der Waals surface area contributed by atoms with Crippen molar-refractivity contribution >= 4 is 25.8 Å². The van der Waals surface area contributed by atoms with Crippen molar-refractivity contribution in [1.29, 1.82) is 0 Å². The molecule has 0 unspecified atom stereocenters. The zero-order valence-electron chi connectivity index (χ0n) is 9.23. The average molecular weight is 295 g/mol. The molecule has 0 aliphatic rings. The van der Waals surface area contributed by atoms with Gasteiger partial charge in [0.1, 0.15) is 4.60 Å². The molecule has 0 aliphatic heterocycles. The summed E-state index contributed by atoms with van der Waals surface area (Å²) in [5, 5.41) is -0.316. The maximum absolute atomic E-state index is 12.0. The van der Waals surface area contributed by atoms with Crippen LogP contribution in [0.1, 0.15) is 33.7 Å². The number of nitrogens with zero attached hydrogens (tertiary/aromatic N) is 2. The van der Waals surface area contributed by atoms with Crippen LogP contribution in [0.4, 0.5) is 0 Å². The largest absolute Gasteiger partial charge is 0.307 e. The molecule has 0 radical (unpaired) electrons. The third-order valence-corrected chi connectivity index (χ3v) is 4.75. The van der Waals surface area contributed by atoms with Crippen LogP contribution in [-0.4, -0.2) is 23.2 Å². The molecular weight excluding hydrogens is 280 g/mol. The Balaban J connectivity index is 3.40. The van der Waals surface area contributed by atoms with Crippen LogP contribution in [0, 0.1) is 0 Å². The number of sulfone groups is 1. The van der Waals surface area contributed by atoms with Gasteiger partial charge < -0.3 is 4.57 Å². The third-order valence-electron chi connectivity index (χ3n) is 2.11. The van der Waals surface area contributed by atoms with Crippen molar-refractivity contribution in [2.24, 2.45) is 0 Å². The van der Waals surface area contributed by atoms with Crippen LogP contribution in [0.2, 0.25) is 0 Å². The summed E-state index contributed by atoms with van der Waals surface area (Å²) in [7, 11) is -3.31. The van der Waals surface area contributed by atoms with Gasteiger partial charge in [-0.25, -0.2) is 13.4 Å². The van der Waals surface area contributed by atoms with Gasteiger partial charge in [0.05, 0.1) is 11.4 Å². The van der Waals surface area contributed by atoms with E-state index in [1.54, 1.807) is 18.4 Å². The topological polar surface area (TPSA) is 52.0 Å². The number of halogens is 1. The van der Waals surface area contributed by atoms with Crippen LogP contribution in [-0.2, 0) is 9.84 Å². The lowest BCUT2D eigenvalue weighted by Gasteiger charge is -2.14. The Bertz CT molecular complexity index is 449. The van der Waals surface area contributed by atoms with Gasteiger partial charge in [-0.05, 0) is 43.6 Å². The summed E-state index contributed by atoms with van der Waals surface area (Å²) in [6.07, 6.45) is 1.52. The number of imidazole rings is 1. The molecule has 1 rings (SSSR count).